The molecule has 1 N–H and O–H groups in total. The topological polar surface area (TPSA) is 54.4 Å². The van der Waals surface area contributed by atoms with Gasteiger partial charge in [0.1, 0.15) is 6.10 Å². The van der Waals surface area contributed by atoms with Crippen LogP contribution < -0.4 is 0 Å². The Morgan fingerprint density at radius 3 is 2.08 bits per heavy atom. The summed E-state index contributed by atoms with van der Waals surface area (Å²) in [6.45, 7) is 5.75. The number of hydrogen-bond donors (Lipinski definition) is 1. The average Bonchev–Trinajstić information content (AvgIpc) is 3.25. The minimum Gasteiger partial charge on any atom is -0.384 e. The summed E-state index contributed by atoms with van der Waals surface area (Å²) in [5, 5.41) is 11.2. The van der Waals surface area contributed by atoms with E-state index in [-0.39, 0.29) is 17.5 Å². The Bertz CT molecular complexity index is 962. The van der Waals surface area contributed by atoms with Gasteiger partial charge < -0.3 is 5.11 Å². The van der Waals surface area contributed by atoms with Crippen LogP contribution in [-0.2, 0) is 20.4 Å². The lowest BCUT2D eigenvalue weighted by Gasteiger charge is -2.45. The van der Waals surface area contributed by atoms with E-state index in [1.807, 2.05) is 69.3 Å². The van der Waals surface area contributed by atoms with Crippen LogP contribution in [-0.4, -0.2) is 22.8 Å². The monoisotopic (exact) mass is 346 g/mol. The molecular formula is C23H22O3. The molecule has 2 aromatic carbocycles. The number of aliphatic hydroxyl groups is 1. The predicted molar refractivity (Wildman–Crippen MR) is 97.8 cm³/mol. The first-order valence-corrected chi connectivity index (χ1v) is 9.29. The van der Waals surface area contributed by atoms with E-state index < -0.39 is 28.3 Å². The molecule has 3 aliphatic carbocycles. The largest absolute Gasteiger partial charge is 0.384 e. The van der Waals surface area contributed by atoms with Crippen molar-refractivity contribution >= 4 is 11.6 Å². The lowest BCUT2D eigenvalue weighted by molar-refractivity contribution is -0.153. The molecule has 0 heterocycles. The van der Waals surface area contributed by atoms with Crippen LogP contribution in [0.4, 0.5) is 0 Å². The molecule has 3 nitrogen and oxygen atoms in total. The van der Waals surface area contributed by atoms with Gasteiger partial charge in [-0.15, -0.1) is 0 Å². The van der Waals surface area contributed by atoms with E-state index >= 15 is 0 Å². The maximum absolute atomic E-state index is 13.8. The third-order valence-electron chi connectivity index (χ3n) is 7.55. The summed E-state index contributed by atoms with van der Waals surface area (Å²) in [4.78, 5) is 27.2. The Balaban J connectivity index is 1.96. The molecule has 0 spiro atoms. The molecule has 2 saturated carbocycles. The number of carbonyl (C=O) groups excluding carboxylic acids is 2. The number of aliphatic hydroxyl groups excluding tert-OH is 1. The number of benzene rings is 2. The smallest absolute Gasteiger partial charge is 0.170 e. The second-order valence-corrected chi connectivity index (χ2v) is 8.51. The maximum Gasteiger partial charge on any atom is 0.170 e. The number of Topliss-reactive ketones (excluding diaryl/α,β-unsaturated/α-hetero) is 2. The van der Waals surface area contributed by atoms with Gasteiger partial charge in [0.05, 0.1) is 10.8 Å². The quantitative estimate of drug-likeness (QED) is 0.909. The molecule has 3 heteroatoms. The number of fused-ring (bicyclic) bond motifs is 5. The minimum absolute atomic E-state index is 0.0321. The molecule has 3 aliphatic rings. The standard InChI is InChI=1S/C23H22O3/c1-13(2)22-15-11-7-8-12-16(15)23(14-9-5-4-6-10-14)17(18(22)24)21(23,3)19(25)20(22)26/h4-13,17,20,26H,1-3H3/t17?,20-,21+,22+,23+/m0/s1. The van der Waals surface area contributed by atoms with Crippen molar-refractivity contribution in [2.24, 2.45) is 17.3 Å². The van der Waals surface area contributed by atoms with Crippen molar-refractivity contribution < 1.29 is 14.7 Å². The van der Waals surface area contributed by atoms with E-state index in [2.05, 4.69) is 6.07 Å². The molecule has 0 aliphatic heterocycles. The van der Waals surface area contributed by atoms with Gasteiger partial charge in [0.25, 0.3) is 0 Å². The Morgan fingerprint density at radius 2 is 1.46 bits per heavy atom. The summed E-state index contributed by atoms with van der Waals surface area (Å²) in [6, 6.07) is 17.7. The summed E-state index contributed by atoms with van der Waals surface area (Å²) in [6.07, 6.45) is -1.29. The van der Waals surface area contributed by atoms with Crippen molar-refractivity contribution in [1.82, 2.24) is 0 Å². The normalized spacial score (nSPS) is 39.7. The zero-order valence-electron chi connectivity index (χ0n) is 15.2. The van der Waals surface area contributed by atoms with Gasteiger partial charge in [0.15, 0.2) is 11.6 Å². The first-order valence-electron chi connectivity index (χ1n) is 9.29. The zero-order valence-corrected chi connectivity index (χ0v) is 15.2. The Hall–Kier alpha value is -2.26. The van der Waals surface area contributed by atoms with E-state index in [9.17, 15) is 14.7 Å². The van der Waals surface area contributed by atoms with Crippen LogP contribution in [0.5, 0.6) is 0 Å². The molecule has 1 unspecified atom stereocenters. The number of ketones is 2. The summed E-state index contributed by atoms with van der Waals surface area (Å²) < 4.78 is 0. The Labute approximate surface area is 153 Å². The third kappa shape index (κ3) is 1.27. The van der Waals surface area contributed by atoms with Crippen LogP contribution in [0.3, 0.4) is 0 Å². The fourth-order valence-electron chi connectivity index (χ4n) is 6.42. The number of rotatable bonds is 2. The fraction of sp³-hybridized carbons (Fsp3) is 0.391. The molecule has 0 aromatic heterocycles. The lowest BCUT2D eigenvalue weighted by Crippen LogP contribution is -2.60. The third-order valence-corrected chi connectivity index (χ3v) is 7.55. The highest BCUT2D eigenvalue weighted by atomic mass is 16.3. The summed E-state index contributed by atoms with van der Waals surface area (Å²) in [5.41, 5.74) is 0.198. The van der Waals surface area contributed by atoms with Gasteiger partial charge >= 0.3 is 0 Å². The van der Waals surface area contributed by atoms with E-state index in [1.165, 1.54) is 0 Å². The molecule has 0 amide bonds. The molecule has 5 rings (SSSR count). The van der Waals surface area contributed by atoms with Crippen LogP contribution in [0.15, 0.2) is 54.6 Å². The molecule has 26 heavy (non-hydrogen) atoms. The zero-order chi connectivity index (χ0) is 18.5. The van der Waals surface area contributed by atoms with Gasteiger partial charge in [0, 0.05) is 11.3 Å². The Kier molecular flexibility index (Phi) is 2.78. The van der Waals surface area contributed by atoms with Gasteiger partial charge in [-0.25, -0.2) is 0 Å². The van der Waals surface area contributed by atoms with Crippen molar-refractivity contribution in [2.45, 2.75) is 37.7 Å². The summed E-state index contributed by atoms with van der Waals surface area (Å²) in [5.74, 6) is -0.708. The van der Waals surface area contributed by atoms with E-state index in [0.29, 0.717) is 0 Å². The highest BCUT2D eigenvalue weighted by molar-refractivity contribution is 6.18. The van der Waals surface area contributed by atoms with Crippen molar-refractivity contribution in [1.29, 1.82) is 0 Å². The summed E-state index contributed by atoms with van der Waals surface area (Å²) in [7, 11) is 0. The van der Waals surface area contributed by atoms with Crippen molar-refractivity contribution in [3.05, 3.63) is 71.3 Å². The SMILES string of the molecule is CC(C)[C@]12C(=O)C3[C@@](c4ccccc4)(c4ccccc41)[C@@]3(C)C(=O)[C@@H]2O. The highest BCUT2D eigenvalue weighted by Gasteiger charge is 2.90. The van der Waals surface area contributed by atoms with Crippen molar-refractivity contribution in [2.75, 3.05) is 0 Å². The molecule has 0 saturated heterocycles. The summed E-state index contributed by atoms with van der Waals surface area (Å²) >= 11 is 0. The van der Waals surface area contributed by atoms with Gasteiger partial charge in [-0.1, -0.05) is 75.4 Å². The molecular weight excluding hydrogens is 324 g/mol. The molecule has 5 atom stereocenters. The lowest BCUT2D eigenvalue weighted by atomic mass is 9.56. The van der Waals surface area contributed by atoms with Crippen molar-refractivity contribution in [3.8, 4) is 0 Å². The molecule has 0 radical (unpaired) electrons. The average molecular weight is 346 g/mol. The van der Waals surface area contributed by atoms with E-state index in [0.717, 1.165) is 16.7 Å². The van der Waals surface area contributed by atoms with Crippen LogP contribution >= 0.6 is 0 Å². The van der Waals surface area contributed by atoms with Gasteiger partial charge in [-0.05, 0) is 22.6 Å². The maximum atomic E-state index is 13.8. The number of hydrogen-bond acceptors (Lipinski definition) is 3. The minimum atomic E-state index is -1.29. The van der Waals surface area contributed by atoms with Crippen LogP contribution in [0.25, 0.3) is 0 Å². The number of carbonyl (C=O) groups is 2. The second-order valence-electron chi connectivity index (χ2n) is 8.51. The van der Waals surface area contributed by atoms with Gasteiger partial charge in [-0.3, -0.25) is 9.59 Å². The first-order chi connectivity index (χ1) is 12.4. The molecule has 2 fully saturated rings. The fourth-order valence-corrected chi connectivity index (χ4v) is 6.42. The predicted octanol–water partition coefficient (Wildman–Crippen LogP) is 3.03. The Morgan fingerprint density at radius 1 is 0.885 bits per heavy atom. The van der Waals surface area contributed by atoms with Crippen LogP contribution in [0.1, 0.15) is 37.5 Å². The molecule has 2 bridgehead atoms. The van der Waals surface area contributed by atoms with E-state index in [1.54, 1.807) is 0 Å². The first kappa shape index (κ1) is 16.0. The highest BCUT2D eigenvalue weighted by Crippen LogP contribution is 2.81. The van der Waals surface area contributed by atoms with Crippen LogP contribution in [0, 0.1) is 17.3 Å². The van der Waals surface area contributed by atoms with Gasteiger partial charge in [-0.2, -0.15) is 0 Å². The molecule has 132 valence electrons. The van der Waals surface area contributed by atoms with E-state index in [4.69, 9.17) is 0 Å². The van der Waals surface area contributed by atoms with Gasteiger partial charge in [0.2, 0.25) is 0 Å². The van der Waals surface area contributed by atoms with Crippen LogP contribution in [0.2, 0.25) is 0 Å². The molecule has 2 aromatic rings. The second kappa shape index (κ2) is 4.52. The van der Waals surface area contributed by atoms with Crippen molar-refractivity contribution in [3.63, 3.8) is 0 Å².